The van der Waals surface area contributed by atoms with Crippen LogP contribution in [0.4, 0.5) is 62.9 Å². The molecule has 0 unspecified atom stereocenters. The van der Waals surface area contributed by atoms with Crippen molar-refractivity contribution in [1.82, 2.24) is 0 Å². The average Bonchev–Trinajstić information content (AvgIpc) is 1.65. The molecule has 1 aliphatic rings. The van der Waals surface area contributed by atoms with Crippen molar-refractivity contribution < 1.29 is 122 Å². The van der Waals surface area contributed by atoms with Gasteiger partial charge in [0.15, 0.2) is 0 Å². The Bertz CT molecular complexity index is 6080. The molecule has 143 heavy (non-hydrogen) atoms. The third kappa shape index (κ3) is 32.7. The molecule has 31 nitrogen and oxygen atoms in total. The second kappa shape index (κ2) is 56.3. The van der Waals surface area contributed by atoms with E-state index in [1.54, 1.807) is 109 Å². The van der Waals surface area contributed by atoms with Crippen LogP contribution in [0, 0.1) is 62.3 Å². The topological polar surface area (TPSA) is 363 Å². The monoisotopic (exact) mass is 2080 g/mol. The zero-order valence-corrected chi connectivity index (χ0v) is 86.4. The standard InChI is InChI=1S/C19H20ClNO4.C18H20ClNO5.C18H20ClNO4.3C17H18ClNO4/c1-12-6-9-18(16(20)10-12)25-11-15-14(13-7-8-13)4-3-5-17(15)21(23)19(22)24-2;1-4-24-16-7-5-6-15(20(22)18(21)23-3)13(16)11-25-17-9-8-12(2)10-14(17)19;1-4-13-6-5-7-16(20(22)18(21)23-3)14(13)11-24-17-9-8-12(2)10-15(17)19;3*1-11-7-8-16(14(18)9-11)23-10-13-12(2)5-4-6-15(13)19(21)17(20)22-3/h3-6,9-10,13,23H,7-8,11H2,1-2H3;5-10,22H,4,11H2,1-3H3;5-10,22H,4,11H2,1-3H3;3*4-9,21H,10H2,1-3H3. The lowest BCUT2D eigenvalue weighted by Gasteiger charge is -2.20. The van der Waals surface area contributed by atoms with Crippen LogP contribution in [0.25, 0.3) is 0 Å². The Morgan fingerprint density at radius 3 is 0.727 bits per heavy atom. The largest absolute Gasteiger partial charge is 0.493 e. The first-order valence-electron chi connectivity index (χ1n) is 44.3. The second-order valence-corrected chi connectivity index (χ2v) is 34.3. The summed E-state index contributed by atoms with van der Waals surface area (Å²) in [5.74, 6) is 4.13. The van der Waals surface area contributed by atoms with Crippen LogP contribution in [0.3, 0.4) is 0 Å². The lowest BCUT2D eigenvalue weighted by molar-refractivity contribution is 0.140. The Balaban J connectivity index is 0.000000210. The summed E-state index contributed by atoms with van der Waals surface area (Å²) in [6, 6.07) is 64.4. The molecule has 13 rings (SSSR count). The fourth-order valence-corrected chi connectivity index (χ4v) is 15.5. The maximum absolute atomic E-state index is 11.7. The fraction of sp³-hybridized carbons (Fsp3) is 0.264. The lowest BCUT2D eigenvalue weighted by Crippen LogP contribution is -2.28. The van der Waals surface area contributed by atoms with Gasteiger partial charge in [0.1, 0.15) is 79.9 Å². The van der Waals surface area contributed by atoms with E-state index in [1.165, 1.54) is 42.7 Å². The van der Waals surface area contributed by atoms with Gasteiger partial charge >= 0.3 is 36.6 Å². The van der Waals surface area contributed by atoms with Gasteiger partial charge in [0.2, 0.25) is 0 Å². The molecule has 0 radical (unpaired) electrons. The summed E-state index contributed by atoms with van der Waals surface area (Å²) in [5.41, 5.74) is 16.6. The number of hydrogen-bond donors (Lipinski definition) is 6. The minimum atomic E-state index is -0.914. The van der Waals surface area contributed by atoms with Crippen molar-refractivity contribution in [3.63, 3.8) is 0 Å². The molecule has 12 aromatic carbocycles. The molecule has 12 aromatic rings. The molecule has 0 bridgehead atoms. The first-order chi connectivity index (χ1) is 68.3. The highest BCUT2D eigenvalue weighted by Crippen LogP contribution is 2.45. The van der Waals surface area contributed by atoms with E-state index in [0.717, 1.165) is 86.0 Å². The van der Waals surface area contributed by atoms with E-state index in [4.69, 9.17) is 103 Å². The predicted octanol–water partition coefficient (Wildman–Crippen LogP) is 27.9. The van der Waals surface area contributed by atoms with Crippen molar-refractivity contribution in [3.05, 3.63) is 343 Å². The van der Waals surface area contributed by atoms with Crippen LogP contribution in [0.5, 0.6) is 40.2 Å². The van der Waals surface area contributed by atoms with Crippen LogP contribution in [0.1, 0.15) is 127 Å². The zero-order valence-electron chi connectivity index (χ0n) is 81.8. The van der Waals surface area contributed by atoms with Crippen LogP contribution in [0.2, 0.25) is 30.1 Å². The number of carbonyl (C=O) groups excluding carboxylic acids is 6. The van der Waals surface area contributed by atoms with E-state index in [9.17, 15) is 60.0 Å². The minimum absolute atomic E-state index is 0.0440. The van der Waals surface area contributed by atoms with Crippen LogP contribution < -0.4 is 63.5 Å². The Morgan fingerprint density at radius 1 is 0.266 bits per heavy atom. The highest BCUT2D eigenvalue weighted by atomic mass is 35.5. The number of anilines is 6. The van der Waals surface area contributed by atoms with E-state index in [1.807, 2.05) is 185 Å². The number of aryl methyl sites for hydroxylation is 10. The zero-order chi connectivity index (χ0) is 105. The third-order valence-electron chi connectivity index (χ3n) is 21.6. The molecular formula is C106H114Cl6N6O25. The van der Waals surface area contributed by atoms with Gasteiger partial charge in [-0.25, -0.2) is 28.8 Å². The van der Waals surface area contributed by atoms with Crippen LogP contribution in [0.15, 0.2) is 218 Å². The second-order valence-electron chi connectivity index (χ2n) is 31.8. The Hall–Kier alpha value is -13.6. The molecule has 0 spiro atoms. The number of methoxy groups -OCH3 is 6. The molecule has 760 valence electrons. The van der Waals surface area contributed by atoms with Gasteiger partial charge in [-0.2, -0.15) is 30.4 Å². The van der Waals surface area contributed by atoms with Gasteiger partial charge in [0, 0.05) is 27.8 Å². The van der Waals surface area contributed by atoms with Crippen LogP contribution in [-0.4, -0.2) is 117 Å². The predicted molar refractivity (Wildman–Crippen MR) is 549 cm³/mol. The summed E-state index contributed by atoms with van der Waals surface area (Å²) in [4.78, 5) is 69.6. The van der Waals surface area contributed by atoms with E-state index < -0.39 is 36.6 Å². The number of benzene rings is 12. The Kier molecular flexibility index (Phi) is 45.1. The molecule has 6 N–H and O–H groups in total. The maximum Gasteiger partial charge on any atom is 0.438 e. The summed E-state index contributed by atoms with van der Waals surface area (Å²) in [7, 11) is 7.20. The fourth-order valence-electron chi connectivity index (χ4n) is 13.8. The van der Waals surface area contributed by atoms with Gasteiger partial charge in [-0.1, -0.05) is 180 Å². The van der Waals surface area contributed by atoms with Gasteiger partial charge in [-0.3, -0.25) is 31.2 Å². The first-order valence-corrected chi connectivity index (χ1v) is 46.5. The summed E-state index contributed by atoms with van der Waals surface area (Å²) in [6.07, 6.45) is -2.33. The van der Waals surface area contributed by atoms with Crippen molar-refractivity contribution in [3.8, 4) is 40.2 Å². The van der Waals surface area contributed by atoms with Gasteiger partial charge in [0.05, 0.1) is 119 Å². The molecule has 0 aliphatic heterocycles. The number of amides is 6. The van der Waals surface area contributed by atoms with Crippen molar-refractivity contribution in [1.29, 1.82) is 0 Å². The number of rotatable bonds is 28. The Morgan fingerprint density at radius 2 is 0.483 bits per heavy atom. The first kappa shape index (κ1) is 115. The van der Waals surface area contributed by atoms with E-state index >= 15 is 0 Å². The number of carbonyl (C=O) groups is 6. The van der Waals surface area contributed by atoms with E-state index in [-0.39, 0.29) is 45.3 Å². The van der Waals surface area contributed by atoms with Crippen molar-refractivity contribution >= 4 is 140 Å². The number of nitrogens with zero attached hydrogens (tertiary/aromatic N) is 6. The van der Waals surface area contributed by atoms with Crippen molar-refractivity contribution in [2.75, 3.05) is 79.6 Å². The molecular weight excluding hydrogens is 1970 g/mol. The van der Waals surface area contributed by atoms with Crippen molar-refractivity contribution in [2.45, 2.75) is 141 Å². The quantitative estimate of drug-likeness (QED) is 0.0151. The molecule has 0 saturated heterocycles. The smallest absolute Gasteiger partial charge is 0.438 e. The number of halogens is 6. The summed E-state index contributed by atoms with van der Waals surface area (Å²) in [5, 5.41) is 66.0. The van der Waals surface area contributed by atoms with Gasteiger partial charge in [-0.05, 0) is 271 Å². The molecule has 0 aromatic heterocycles. The number of hydroxylamine groups is 6. The summed E-state index contributed by atoms with van der Waals surface area (Å²) >= 11 is 37.0. The van der Waals surface area contributed by atoms with Crippen molar-refractivity contribution in [2.24, 2.45) is 0 Å². The highest BCUT2D eigenvalue weighted by molar-refractivity contribution is 6.34. The minimum Gasteiger partial charge on any atom is -0.493 e. The third-order valence-corrected chi connectivity index (χ3v) is 23.4. The normalized spacial score (nSPS) is 10.9. The van der Waals surface area contributed by atoms with Gasteiger partial charge < -0.3 is 61.6 Å². The van der Waals surface area contributed by atoms with E-state index in [0.29, 0.717) is 170 Å². The number of ether oxygens (including phenoxy) is 13. The molecule has 0 heterocycles. The van der Waals surface area contributed by atoms with Crippen LogP contribution in [-0.2, 0) is 74.5 Å². The summed E-state index contributed by atoms with van der Waals surface area (Å²) < 4.78 is 67.6. The lowest BCUT2D eigenvalue weighted by atomic mass is 10.0. The molecule has 0 atom stereocenters. The molecule has 1 aliphatic carbocycles. The van der Waals surface area contributed by atoms with Gasteiger partial charge in [-0.15, -0.1) is 0 Å². The van der Waals surface area contributed by atoms with Gasteiger partial charge in [0.25, 0.3) is 0 Å². The summed E-state index contributed by atoms with van der Waals surface area (Å²) in [6.45, 7) is 22.3. The molecule has 1 fully saturated rings. The molecule has 6 amide bonds. The molecule has 1 saturated carbocycles. The van der Waals surface area contributed by atoms with Crippen LogP contribution >= 0.6 is 69.6 Å². The maximum atomic E-state index is 11.7. The Labute approximate surface area is 860 Å². The molecule has 37 heteroatoms. The SMILES string of the molecule is CCOc1cccc(N(O)C(=O)OC)c1COc1ccc(C)cc1Cl.CCc1cccc(N(O)C(=O)OC)c1COc1ccc(C)cc1Cl.COC(=O)N(O)c1cccc(C)c1COc1ccc(C)cc1Cl.COC(=O)N(O)c1cccc(C)c1COc1ccc(C)cc1Cl.COC(=O)N(O)c1cccc(C)c1COc1ccc(C)cc1Cl.COC(=O)N(O)c1cccc(C2CC2)c1COc1ccc(C)cc1Cl. The highest BCUT2D eigenvalue weighted by Gasteiger charge is 2.32. The number of hydrogen-bond acceptors (Lipinski definition) is 25. The average molecular weight is 2080 g/mol. The van der Waals surface area contributed by atoms with E-state index in [2.05, 4.69) is 28.4 Å².